The van der Waals surface area contributed by atoms with Crippen LogP contribution in [0.15, 0.2) is 40.9 Å². The Morgan fingerprint density at radius 2 is 2.06 bits per heavy atom. The standard InChI is InChI=1S/C14H18N2O2/c1-2-15-9-13-8-14(18-16-13)11-17-10-12-6-4-3-5-7-12/h3-8,15H,2,9-11H2,1H3. The molecule has 2 rings (SSSR count). The highest BCUT2D eigenvalue weighted by atomic mass is 16.5. The second kappa shape index (κ2) is 6.93. The Hall–Kier alpha value is -1.65. The molecular weight excluding hydrogens is 228 g/mol. The van der Waals surface area contributed by atoms with Crippen molar-refractivity contribution in [2.45, 2.75) is 26.7 Å². The summed E-state index contributed by atoms with van der Waals surface area (Å²) in [5.74, 6) is 0.763. The van der Waals surface area contributed by atoms with Crippen LogP contribution in [0.2, 0.25) is 0 Å². The normalized spacial score (nSPS) is 10.7. The molecule has 0 unspecified atom stereocenters. The van der Waals surface area contributed by atoms with Gasteiger partial charge < -0.3 is 14.6 Å². The van der Waals surface area contributed by atoms with E-state index in [9.17, 15) is 0 Å². The number of hydrogen-bond donors (Lipinski definition) is 1. The molecule has 0 saturated carbocycles. The Balaban J connectivity index is 1.75. The van der Waals surface area contributed by atoms with Crippen molar-refractivity contribution in [1.82, 2.24) is 10.5 Å². The van der Waals surface area contributed by atoms with E-state index < -0.39 is 0 Å². The average Bonchev–Trinajstić information content (AvgIpc) is 2.85. The fourth-order valence-electron chi connectivity index (χ4n) is 1.60. The summed E-state index contributed by atoms with van der Waals surface area (Å²) in [5, 5.41) is 7.16. The lowest BCUT2D eigenvalue weighted by molar-refractivity contribution is 0.0883. The average molecular weight is 246 g/mol. The molecule has 0 saturated heterocycles. The van der Waals surface area contributed by atoms with Gasteiger partial charge in [-0.15, -0.1) is 0 Å². The summed E-state index contributed by atoms with van der Waals surface area (Å²) in [6.45, 7) is 4.76. The van der Waals surface area contributed by atoms with Gasteiger partial charge in [0.05, 0.1) is 12.3 Å². The molecule has 1 aromatic carbocycles. The number of aromatic nitrogens is 1. The van der Waals surface area contributed by atoms with Gasteiger partial charge in [0.1, 0.15) is 6.61 Å². The molecule has 4 heteroatoms. The van der Waals surface area contributed by atoms with E-state index in [4.69, 9.17) is 9.26 Å². The smallest absolute Gasteiger partial charge is 0.162 e. The molecule has 2 aromatic rings. The van der Waals surface area contributed by atoms with E-state index in [1.54, 1.807) is 0 Å². The van der Waals surface area contributed by atoms with Crippen molar-refractivity contribution >= 4 is 0 Å². The van der Waals surface area contributed by atoms with Crippen molar-refractivity contribution in [3.63, 3.8) is 0 Å². The summed E-state index contributed by atoms with van der Waals surface area (Å²) in [6.07, 6.45) is 0. The zero-order valence-corrected chi connectivity index (χ0v) is 10.6. The molecule has 18 heavy (non-hydrogen) atoms. The van der Waals surface area contributed by atoms with Crippen LogP contribution in [0.1, 0.15) is 23.9 Å². The molecule has 0 fully saturated rings. The van der Waals surface area contributed by atoms with E-state index in [0.717, 1.165) is 30.1 Å². The Kier molecular flexibility index (Phi) is 4.93. The fourth-order valence-corrected chi connectivity index (χ4v) is 1.60. The van der Waals surface area contributed by atoms with Crippen LogP contribution in [0.5, 0.6) is 0 Å². The van der Waals surface area contributed by atoms with Crippen LogP contribution >= 0.6 is 0 Å². The lowest BCUT2D eigenvalue weighted by Gasteiger charge is -2.01. The molecule has 4 nitrogen and oxygen atoms in total. The predicted octanol–water partition coefficient (Wildman–Crippen LogP) is 2.50. The number of nitrogens with one attached hydrogen (secondary N) is 1. The molecule has 0 amide bonds. The molecule has 1 N–H and O–H groups in total. The van der Waals surface area contributed by atoms with Gasteiger partial charge in [0.15, 0.2) is 5.76 Å². The van der Waals surface area contributed by atoms with Gasteiger partial charge in [0.2, 0.25) is 0 Å². The summed E-state index contributed by atoms with van der Waals surface area (Å²) in [5.41, 5.74) is 2.07. The van der Waals surface area contributed by atoms with E-state index in [1.165, 1.54) is 0 Å². The Bertz CT molecular complexity index is 454. The van der Waals surface area contributed by atoms with Gasteiger partial charge in [-0.3, -0.25) is 0 Å². The van der Waals surface area contributed by atoms with Crippen molar-refractivity contribution in [3.8, 4) is 0 Å². The molecule has 0 atom stereocenters. The lowest BCUT2D eigenvalue weighted by Crippen LogP contribution is -2.11. The minimum Gasteiger partial charge on any atom is -0.369 e. The topological polar surface area (TPSA) is 47.3 Å². The molecule has 0 aliphatic heterocycles. The SMILES string of the molecule is CCNCc1cc(COCc2ccccc2)on1. The highest BCUT2D eigenvalue weighted by Crippen LogP contribution is 2.07. The van der Waals surface area contributed by atoms with E-state index >= 15 is 0 Å². The first-order valence-corrected chi connectivity index (χ1v) is 6.15. The van der Waals surface area contributed by atoms with Gasteiger partial charge in [0.25, 0.3) is 0 Å². The molecule has 0 bridgehead atoms. The summed E-state index contributed by atoms with van der Waals surface area (Å²) in [4.78, 5) is 0. The molecule has 96 valence electrons. The molecule has 0 spiro atoms. The third-order valence-corrected chi connectivity index (χ3v) is 2.52. The Morgan fingerprint density at radius 3 is 2.83 bits per heavy atom. The first-order chi connectivity index (χ1) is 8.88. The minimum atomic E-state index is 0.452. The number of rotatable bonds is 7. The van der Waals surface area contributed by atoms with Crippen LogP contribution in [0, 0.1) is 0 Å². The maximum Gasteiger partial charge on any atom is 0.162 e. The molecule has 0 aliphatic rings. The third-order valence-electron chi connectivity index (χ3n) is 2.52. The number of hydrogen-bond acceptors (Lipinski definition) is 4. The van der Waals surface area contributed by atoms with Crippen LogP contribution in [0.25, 0.3) is 0 Å². The van der Waals surface area contributed by atoms with Crippen molar-refractivity contribution in [2.75, 3.05) is 6.54 Å². The predicted molar refractivity (Wildman–Crippen MR) is 68.8 cm³/mol. The van der Waals surface area contributed by atoms with Gasteiger partial charge in [-0.25, -0.2) is 0 Å². The van der Waals surface area contributed by atoms with Gasteiger partial charge in [-0.05, 0) is 12.1 Å². The second-order valence-electron chi connectivity index (χ2n) is 4.04. The molecular formula is C14H18N2O2. The van der Waals surface area contributed by atoms with Crippen LogP contribution in [0.4, 0.5) is 0 Å². The first kappa shape index (κ1) is 12.8. The number of ether oxygens (including phenoxy) is 1. The van der Waals surface area contributed by atoms with Crippen molar-refractivity contribution < 1.29 is 9.26 Å². The highest BCUT2D eigenvalue weighted by molar-refractivity contribution is 5.13. The Morgan fingerprint density at radius 1 is 1.22 bits per heavy atom. The Labute approximate surface area is 107 Å². The maximum atomic E-state index is 5.57. The van der Waals surface area contributed by atoms with Crippen LogP contribution in [0.3, 0.4) is 0 Å². The number of benzene rings is 1. The van der Waals surface area contributed by atoms with Crippen LogP contribution in [-0.4, -0.2) is 11.7 Å². The van der Waals surface area contributed by atoms with Gasteiger partial charge in [-0.2, -0.15) is 0 Å². The van der Waals surface area contributed by atoms with Crippen molar-refractivity contribution in [1.29, 1.82) is 0 Å². The largest absolute Gasteiger partial charge is 0.369 e. The van der Waals surface area contributed by atoms with E-state index in [1.807, 2.05) is 36.4 Å². The van der Waals surface area contributed by atoms with E-state index in [0.29, 0.717) is 13.2 Å². The van der Waals surface area contributed by atoms with Gasteiger partial charge in [-0.1, -0.05) is 42.4 Å². The fraction of sp³-hybridized carbons (Fsp3) is 0.357. The van der Waals surface area contributed by atoms with Crippen molar-refractivity contribution in [2.24, 2.45) is 0 Å². The van der Waals surface area contributed by atoms with Crippen molar-refractivity contribution in [3.05, 3.63) is 53.4 Å². The molecule has 1 heterocycles. The lowest BCUT2D eigenvalue weighted by atomic mass is 10.2. The maximum absolute atomic E-state index is 5.57. The monoisotopic (exact) mass is 246 g/mol. The summed E-state index contributed by atoms with van der Waals surface area (Å²) < 4.78 is 10.8. The zero-order chi connectivity index (χ0) is 12.6. The molecule has 0 aliphatic carbocycles. The summed E-state index contributed by atoms with van der Waals surface area (Å²) >= 11 is 0. The highest BCUT2D eigenvalue weighted by Gasteiger charge is 2.03. The van der Waals surface area contributed by atoms with Crippen LogP contribution < -0.4 is 5.32 Å². The minimum absolute atomic E-state index is 0.452. The third kappa shape index (κ3) is 3.98. The van der Waals surface area contributed by atoms with E-state index in [2.05, 4.69) is 17.4 Å². The quantitative estimate of drug-likeness (QED) is 0.815. The van der Waals surface area contributed by atoms with Gasteiger partial charge >= 0.3 is 0 Å². The molecule has 0 radical (unpaired) electrons. The van der Waals surface area contributed by atoms with Gasteiger partial charge in [0, 0.05) is 12.6 Å². The number of nitrogens with zero attached hydrogens (tertiary/aromatic N) is 1. The van der Waals surface area contributed by atoms with E-state index in [-0.39, 0.29) is 0 Å². The molecule has 1 aromatic heterocycles. The summed E-state index contributed by atoms with van der Waals surface area (Å²) in [6, 6.07) is 12.0. The zero-order valence-electron chi connectivity index (χ0n) is 10.6. The second-order valence-corrected chi connectivity index (χ2v) is 4.04. The van der Waals surface area contributed by atoms with Crippen LogP contribution in [-0.2, 0) is 24.5 Å². The summed E-state index contributed by atoms with van der Waals surface area (Å²) in [7, 11) is 0. The first-order valence-electron chi connectivity index (χ1n) is 6.15.